The summed E-state index contributed by atoms with van der Waals surface area (Å²) < 4.78 is 25.9. The Hall–Kier alpha value is -1.67. The first-order chi connectivity index (χ1) is 13.0. The molecule has 0 aromatic carbocycles. The average Bonchev–Trinajstić information content (AvgIpc) is 3.17. The predicted molar refractivity (Wildman–Crippen MR) is 107 cm³/mol. The molecule has 2 N–H and O–H groups in total. The first kappa shape index (κ1) is 18.7. The molecule has 1 saturated carbocycles. The van der Waals surface area contributed by atoms with Crippen molar-refractivity contribution in [3.63, 3.8) is 0 Å². The van der Waals surface area contributed by atoms with Gasteiger partial charge in [0.2, 0.25) is 10.0 Å². The van der Waals surface area contributed by atoms with Gasteiger partial charge in [-0.15, -0.1) is 0 Å². The molecule has 148 valence electrons. The van der Waals surface area contributed by atoms with Gasteiger partial charge in [0.05, 0.1) is 11.1 Å². The van der Waals surface area contributed by atoms with Crippen molar-refractivity contribution >= 4 is 26.9 Å². The lowest BCUT2D eigenvalue weighted by Gasteiger charge is -2.45. The molecule has 2 aromatic heterocycles. The van der Waals surface area contributed by atoms with Crippen LogP contribution in [0.3, 0.4) is 0 Å². The first-order valence-electron chi connectivity index (χ1n) is 10.0. The molecule has 0 unspecified atom stereocenters. The van der Waals surface area contributed by atoms with Gasteiger partial charge in [0, 0.05) is 25.8 Å². The number of H-pyrrole nitrogens is 1. The fraction of sp³-hybridized carbons (Fsp3) is 0.684. The van der Waals surface area contributed by atoms with E-state index in [0.717, 1.165) is 36.2 Å². The maximum atomic E-state index is 12.1. The molecule has 2 aliphatic rings. The van der Waals surface area contributed by atoms with Crippen LogP contribution in [0.4, 0.5) is 5.82 Å². The lowest BCUT2D eigenvalue weighted by atomic mass is 9.66. The molecule has 2 fully saturated rings. The molecule has 7 nitrogen and oxygen atoms in total. The summed E-state index contributed by atoms with van der Waals surface area (Å²) in [4.78, 5) is 11.7. The first-order valence-corrected chi connectivity index (χ1v) is 11.6. The lowest BCUT2D eigenvalue weighted by molar-refractivity contribution is 0.0830. The highest BCUT2D eigenvalue weighted by molar-refractivity contribution is 7.89. The molecule has 1 aliphatic heterocycles. The predicted octanol–water partition coefficient (Wildman–Crippen LogP) is 2.99. The minimum atomic E-state index is -3.03. The van der Waals surface area contributed by atoms with Crippen molar-refractivity contribution in [2.75, 3.05) is 30.7 Å². The van der Waals surface area contributed by atoms with Gasteiger partial charge in [0.25, 0.3) is 0 Å². The number of aromatic nitrogens is 3. The Labute approximate surface area is 161 Å². The Morgan fingerprint density at radius 1 is 1.22 bits per heavy atom. The summed E-state index contributed by atoms with van der Waals surface area (Å²) in [5.74, 6) is 1.77. The smallest absolute Gasteiger partial charge is 0.213 e. The Morgan fingerprint density at radius 3 is 2.67 bits per heavy atom. The van der Waals surface area contributed by atoms with E-state index in [0.29, 0.717) is 24.4 Å². The highest BCUT2D eigenvalue weighted by atomic mass is 32.2. The average molecular weight is 392 g/mol. The van der Waals surface area contributed by atoms with Gasteiger partial charge in [0.1, 0.15) is 17.8 Å². The van der Waals surface area contributed by atoms with Crippen LogP contribution in [-0.2, 0) is 10.0 Å². The van der Waals surface area contributed by atoms with Gasteiger partial charge in [-0.1, -0.05) is 0 Å². The molecular formula is C19H29N5O2S. The third kappa shape index (κ3) is 3.82. The molecule has 27 heavy (non-hydrogen) atoms. The van der Waals surface area contributed by atoms with Crippen LogP contribution in [0.1, 0.15) is 45.4 Å². The number of hydrogen-bond donors (Lipinski definition) is 2. The Bertz CT molecular complexity index is 876. The number of nitrogens with one attached hydrogen (secondary N) is 2. The number of sulfonamides is 1. The highest BCUT2D eigenvalue weighted by Crippen LogP contribution is 2.46. The van der Waals surface area contributed by atoms with E-state index < -0.39 is 10.0 Å². The normalized spacial score (nSPS) is 21.7. The molecule has 2 aromatic rings. The van der Waals surface area contributed by atoms with Gasteiger partial charge in [-0.2, -0.15) is 0 Å². The monoisotopic (exact) mass is 391 g/mol. The van der Waals surface area contributed by atoms with Crippen LogP contribution in [0, 0.1) is 11.3 Å². The topological polar surface area (TPSA) is 91.0 Å². The van der Waals surface area contributed by atoms with Crippen LogP contribution >= 0.6 is 0 Å². The van der Waals surface area contributed by atoms with Crippen LogP contribution in [-0.4, -0.2) is 53.1 Å². The molecule has 1 aliphatic carbocycles. The molecular weight excluding hydrogens is 362 g/mol. The van der Waals surface area contributed by atoms with Crippen molar-refractivity contribution < 1.29 is 8.42 Å². The van der Waals surface area contributed by atoms with Gasteiger partial charge in [-0.25, -0.2) is 22.7 Å². The third-order valence-corrected chi connectivity index (χ3v) is 8.50. The fourth-order valence-electron chi connectivity index (χ4n) is 4.67. The second kappa shape index (κ2) is 7.39. The van der Waals surface area contributed by atoms with Crippen molar-refractivity contribution in [3.8, 4) is 0 Å². The van der Waals surface area contributed by atoms with Crippen LogP contribution in [0.25, 0.3) is 11.0 Å². The summed E-state index contributed by atoms with van der Waals surface area (Å²) in [6.45, 7) is 4.07. The number of rotatable bonds is 5. The van der Waals surface area contributed by atoms with Crippen LogP contribution in [0.2, 0.25) is 0 Å². The zero-order valence-electron chi connectivity index (χ0n) is 15.9. The van der Waals surface area contributed by atoms with E-state index >= 15 is 0 Å². The highest BCUT2D eigenvalue weighted by Gasteiger charge is 2.40. The number of piperidine rings is 1. The van der Waals surface area contributed by atoms with Crippen LogP contribution in [0.5, 0.6) is 0 Å². The van der Waals surface area contributed by atoms with E-state index in [1.54, 1.807) is 17.6 Å². The van der Waals surface area contributed by atoms with Gasteiger partial charge in [0.15, 0.2) is 0 Å². The number of nitrogens with zero attached hydrogens (tertiary/aromatic N) is 3. The van der Waals surface area contributed by atoms with Crippen LogP contribution < -0.4 is 5.32 Å². The summed E-state index contributed by atoms with van der Waals surface area (Å²) >= 11 is 0. The van der Waals surface area contributed by atoms with E-state index in [1.807, 2.05) is 12.3 Å². The number of anilines is 1. The number of aromatic amines is 1. The van der Waals surface area contributed by atoms with Gasteiger partial charge in [-0.05, 0) is 62.8 Å². The summed E-state index contributed by atoms with van der Waals surface area (Å²) in [6.07, 6.45) is 10.3. The van der Waals surface area contributed by atoms with Crippen molar-refractivity contribution in [1.29, 1.82) is 0 Å². The quantitative estimate of drug-likeness (QED) is 0.818. The molecule has 0 atom stereocenters. The minimum Gasteiger partial charge on any atom is -0.369 e. The zero-order chi connectivity index (χ0) is 18.9. The second-order valence-corrected chi connectivity index (χ2v) is 10.3. The van der Waals surface area contributed by atoms with Crippen molar-refractivity contribution in [2.45, 2.75) is 45.4 Å². The third-order valence-electron chi connectivity index (χ3n) is 6.62. The molecule has 0 amide bonds. The van der Waals surface area contributed by atoms with Crippen molar-refractivity contribution in [3.05, 3.63) is 18.6 Å². The van der Waals surface area contributed by atoms with E-state index in [9.17, 15) is 8.42 Å². The maximum Gasteiger partial charge on any atom is 0.213 e. The molecule has 3 heterocycles. The standard InChI is InChI=1S/C19H29N5O2S/c1-2-27(25,26)24-11-8-19(9-12-24)6-3-15(4-7-19)13-21-18-16-5-10-20-17(16)22-14-23-18/h5,10,14-15H,2-4,6-9,11-13H2,1H3,(H2,20,21,22,23). The van der Waals surface area contributed by atoms with E-state index in [4.69, 9.17) is 0 Å². The molecule has 1 saturated heterocycles. The molecule has 0 bridgehead atoms. The number of fused-ring (bicyclic) bond motifs is 1. The molecule has 4 rings (SSSR count). The summed E-state index contributed by atoms with van der Waals surface area (Å²) in [5, 5.41) is 4.55. The Balaban J connectivity index is 1.29. The van der Waals surface area contributed by atoms with Gasteiger partial charge in [-0.3, -0.25) is 0 Å². The summed E-state index contributed by atoms with van der Waals surface area (Å²) in [5.41, 5.74) is 1.22. The summed E-state index contributed by atoms with van der Waals surface area (Å²) in [7, 11) is -3.03. The maximum absolute atomic E-state index is 12.1. The number of hydrogen-bond acceptors (Lipinski definition) is 5. The lowest BCUT2D eigenvalue weighted by Crippen LogP contribution is -2.45. The second-order valence-electron chi connectivity index (χ2n) is 8.09. The Kier molecular flexibility index (Phi) is 5.11. The fourth-order valence-corrected chi connectivity index (χ4v) is 5.77. The zero-order valence-corrected chi connectivity index (χ0v) is 16.8. The van der Waals surface area contributed by atoms with E-state index in [-0.39, 0.29) is 5.75 Å². The SMILES string of the molecule is CCS(=O)(=O)N1CCC2(CCC(CNc3ncnc4[nH]ccc34)CC2)CC1. The van der Waals surface area contributed by atoms with Gasteiger partial charge < -0.3 is 10.3 Å². The van der Waals surface area contributed by atoms with Crippen molar-refractivity contribution in [1.82, 2.24) is 19.3 Å². The molecule has 0 radical (unpaired) electrons. The van der Waals surface area contributed by atoms with E-state index in [1.165, 1.54) is 25.7 Å². The molecule has 1 spiro atoms. The minimum absolute atomic E-state index is 0.213. The largest absolute Gasteiger partial charge is 0.369 e. The molecule has 8 heteroatoms. The van der Waals surface area contributed by atoms with Crippen LogP contribution in [0.15, 0.2) is 18.6 Å². The Morgan fingerprint density at radius 2 is 1.96 bits per heavy atom. The van der Waals surface area contributed by atoms with E-state index in [2.05, 4.69) is 20.3 Å². The van der Waals surface area contributed by atoms with Gasteiger partial charge >= 0.3 is 0 Å². The van der Waals surface area contributed by atoms with Crippen molar-refractivity contribution in [2.24, 2.45) is 11.3 Å². The summed E-state index contributed by atoms with van der Waals surface area (Å²) in [6, 6.07) is 2.01.